The topological polar surface area (TPSA) is 42.3 Å². The summed E-state index contributed by atoms with van der Waals surface area (Å²) in [7, 11) is 8.56. The SMILES string of the molecule is C[N-]C.C[N-]C.C[N-]C.C[Si](C)(C)C=CC=C[Si](C)(C)C.[Ti+4].c1ccc2[cH-]ccc2c1. The van der Waals surface area contributed by atoms with E-state index in [4.69, 9.17) is 0 Å². The maximum Gasteiger partial charge on any atom is 4.00 e. The van der Waals surface area contributed by atoms with Gasteiger partial charge in [-0.05, 0) is 0 Å². The first-order valence-corrected chi connectivity index (χ1v) is 17.5. The van der Waals surface area contributed by atoms with E-state index in [1.54, 1.807) is 42.3 Å². The van der Waals surface area contributed by atoms with Crippen LogP contribution in [0.5, 0.6) is 0 Å². The average molecular weight is 494 g/mol. The van der Waals surface area contributed by atoms with Gasteiger partial charge in [-0.3, -0.25) is 0 Å². The molecule has 0 fully saturated rings. The molecule has 6 heteroatoms. The van der Waals surface area contributed by atoms with E-state index >= 15 is 0 Å². The molecule has 0 saturated heterocycles. The van der Waals surface area contributed by atoms with Crippen LogP contribution >= 0.6 is 0 Å². The minimum atomic E-state index is -0.970. The van der Waals surface area contributed by atoms with Gasteiger partial charge in [0.1, 0.15) is 0 Å². The summed E-state index contributed by atoms with van der Waals surface area (Å²) in [6.45, 7) is 14.1. The molecule has 3 nitrogen and oxygen atoms in total. The van der Waals surface area contributed by atoms with Crippen LogP contribution in [0.25, 0.3) is 26.7 Å². The molecule has 2 aromatic carbocycles. The molecule has 0 aliphatic carbocycles. The monoisotopic (exact) mass is 493 g/mol. The summed E-state index contributed by atoms with van der Waals surface area (Å²) >= 11 is 0. The normalized spacial score (nSPS) is 10.5. The second-order valence-electron chi connectivity index (χ2n) is 8.95. The van der Waals surface area contributed by atoms with Gasteiger partial charge < -0.3 is 16.0 Å². The van der Waals surface area contributed by atoms with Crippen molar-refractivity contribution >= 4 is 26.9 Å². The molecule has 2 aromatic rings. The minimum Gasteiger partial charge on any atom is -0.668 e. The van der Waals surface area contributed by atoms with Gasteiger partial charge in [0.05, 0.1) is 16.1 Å². The molecule has 2 rings (SSSR count). The maximum atomic E-state index is 3.50. The summed E-state index contributed by atoms with van der Waals surface area (Å²) < 4.78 is 0. The molecule has 0 aliphatic heterocycles. The predicted octanol–water partition coefficient (Wildman–Crippen LogP) is 8.27. The van der Waals surface area contributed by atoms with E-state index in [-0.39, 0.29) is 21.7 Å². The van der Waals surface area contributed by atoms with Gasteiger partial charge in [0, 0.05) is 0 Å². The molecule has 0 amide bonds. The standard InChI is InChI=1S/C10H22Si2.C9H7.3C2H6N.Ti/c1-11(2,3)9-7-8-10-12(4,5)6;1-2-5-9-7-3-6-8(9)4-1;3*1-3-2;/h7-10H,1-6H3;1-7H;3*1-2H3;/q;4*-1;+4. The summed E-state index contributed by atoms with van der Waals surface area (Å²) in [6, 6.07) is 14.7. The van der Waals surface area contributed by atoms with Crippen molar-refractivity contribution < 1.29 is 21.7 Å². The van der Waals surface area contributed by atoms with Crippen molar-refractivity contribution in [2.24, 2.45) is 0 Å². The first-order chi connectivity index (χ1) is 13.9. The van der Waals surface area contributed by atoms with E-state index in [0.717, 1.165) is 0 Å². The van der Waals surface area contributed by atoms with Crippen LogP contribution in [0.2, 0.25) is 39.3 Å². The summed E-state index contributed by atoms with van der Waals surface area (Å²) in [5, 5.41) is 13.2. The van der Waals surface area contributed by atoms with Crippen molar-refractivity contribution in [2.75, 3.05) is 42.3 Å². The zero-order chi connectivity index (χ0) is 24.1. The van der Waals surface area contributed by atoms with Gasteiger partial charge in [-0.2, -0.15) is 59.8 Å². The van der Waals surface area contributed by atoms with E-state index in [0.29, 0.717) is 0 Å². The van der Waals surface area contributed by atoms with Crippen molar-refractivity contribution in [3.05, 3.63) is 82.0 Å². The Morgan fingerprint density at radius 2 is 1.00 bits per heavy atom. The Balaban J connectivity index is -0.000000168. The molecule has 0 aliphatic rings. The van der Waals surface area contributed by atoms with Gasteiger partial charge in [0.2, 0.25) is 0 Å². The third-order valence-electron chi connectivity index (χ3n) is 2.85. The first kappa shape index (κ1) is 37.6. The number of benzene rings is 1. The van der Waals surface area contributed by atoms with Gasteiger partial charge >= 0.3 is 21.7 Å². The molecule has 0 N–H and O–H groups in total. The van der Waals surface area contributed by atoms with E-state index in [1.807, 2.05) is 0 Å². The molecule has 0 saturated carbocycles. The van der Waals surface area contributed by atoms with Crippen molar-refractivity contribution in [3.8, 4) is 0 Å². The van der Waals surface area contributed by atoms with Crippen LogP contribution in [0.3, 0.4) is 0 Å². The summed E-state index contributed by atoms with van der Waals surface area (Å²) in [6.07, 6.45) is 4.45. The Morgan fingerprint density at radius 1 is 0.645 bits per heavy atom. The Hall–Kier alpha value is -0.662. The first-order valence-electron chi connectivity index (χ1n) is 10.3. The number of nitrogens with zero attached hydrogens (tertiary/aromatic N) is 3. The van der Waals surface area contributed by atoms with Crippen molar-refractivity contribution in [1.82, 2.24) is 0 Å². The summed E-state index contributed by atoms with van der Waals surface area (Å²) in [4.78, 5) is 0. The van der Waals surface area contributed by atoms with Crippen LogP contribution in [0.15, 0.2) is 66.0 Å². The van der Waals surface area contributed by atoms with E-state index in [2.05, 4.69) is 121 Å². The van der Waals surface area contributed by atoms with E-state index in [9.17, 15) is 0 Å². The quantitative estimate of drug-likeness (QED) is 0.235. The molecule has 0 atom stereocenters. The molecular weight excluding hydrogens is 446 g/mol. The number of hydrogen-bond donors (Lipinski definition) is 0. The van der Waals surface area contributed by atoms with Gasteiger partial charge in [0.25, 0.3) is 0 Å². The van der Waals surface area contributed by atoms with Crippen molar-refractivity contribution in [1.29, 1.82) is 0 Å². The van der Waals surface area contributed by atoms with Crippen LogP contribution < -0.4 is 0 Å². The van der Waals surface area contributed by atoms with Crippen LogP contribution in [0.4, 0.5) is 0 Å². The number of hydrogen-bond acceptors (Lipinski definition) is 0. The average Bonchev–Trinajstić information content (AvgIpc) is 3.09. The van der Waals surface area contributed by atoms with Gasteiger partial charge in [-0.1, -0.05) is 68.9 Å². The second kappa shape index (κ2) is 24.0. The fourth-order valence-electron chi connectivity index (χ4n) is 1.76. The maximum absolute atomic E-state index is 3.50. The molecule has 0 unspecified atom stereocenters. The van der Waals surface area contributed by atoms with Crippen LogP contribution in [-0.2, 0) is 21.7 Å². The third-order valence-corrected chi connectivity index (χ3v) is 5.24. The molecule has 31 heavy (non-hydrogen) atoms. The Kier molecular flexibility index (Phi) is 29.1. The summed E-state index contributed by atoms with van der Waals surface area (Å²) in [5.74, 6) is 0. The predicted molar refractivity (Wildman–Crippen MR) is 150 cm³/mol. The second-order valence-corrected chi connectivity index (χ2v) is 19.1. The fraction of sp³-hybridized carbons (Fsp3) is 0.480. The molecular formula is C25H47N3Si2Ti. The van der Waals surface area contributed by atoms with Gasteiger partial charge in [-0.15, -0.1) is 29.7 Å². The van der Waals surface area contributed by atoms with E-state index < -0.39 is 16.1 Å². The summed E-state index contributed by atoms with van der Waals surface area (Å²) in [5.41, 5.74) is 4.76. The zero-order valence-corrected chi connectivity index (χ0v) is 25.8. The molecule has 174 valence electrons. The van der Waals surface area contributed by atoms with Crippen molar-refractivity contribution in [2.45, 2.75) is 39.3 Å². The van der Waals surface area contributed by atoms with Crippen LogP contribution in [-0.4, -0.2) is 58.4 Å². The molecule has 0 aromatic heterocycles. The van der Waals surface area contributed by atoms with Gasteiger partial charge in [0.15, 0.2) is 0 Å². The molecule has 0 bridgehead atoms. The van der Waals surface area contributed by atoms with Crippen LogP contribution in [0.1, 0.15) is 0 Å². The Morgan fingerprint density at radius 3 is 1.32 bits per heavy atom. The smallest absolute Gasteiger partial charge is 0.668 e. The molecule has 0 radical (unpaired) electrons. The third kappa shape index (κ3) is 34.2. The largest absolute Gasteiger partial charge is 4.00 e. The Bertz CT molecular complexity index is 598. The molecule has 0 heterocycles. The van der Waals surface area contributed by atoms with Gasteiger partial charge in [-0.25, -0.2) is 0 Å². The fourth-order valence-corrected chi connectivity index (χ4v) is 3.14. The molecule has 0 spiro atoms. The van der Waals surface area contributed by atoms with Crippen LogP contribution in [0, 0.1) is 0 Å². The zero-order valence-electron chi connectivity index (χ0n) is 22.2. The van der Waals surface area contributed by atoms with E-state index in [1.165, 1.54) is 10.8 Å². The number of rotatable bonds is 3. The number of fused-ring (bicyclic) bond motifs is 1. The number of allylic oxidation sites excluding steroid dienone is 2. The Labute approximate surface area is 211 Å². The minimum absolute atomic E-state index is 0. The van der Waals surface area contributed by atoms with Crippen molar-refractivity contribution in [3.63, 3.8) is 0 Å².